The molecule has 1 saturated heterocycles. The maximum atomic E-state index is 14.3. The summed E-state index contributed by atoms with van der Waals surface area (Å²) in [5, 5.41) is 2.41. The molecule has 1 aliphatic heterocycles. The Bertz CT molecular complexity index is 1460. The first-order chi connectivity index (χ1) is 17.7. The number of hydrogen-bond acceptors (Lipinski definition) is 6. The number of hydrogen-bond donors (Lipinski definition) is 1. The van der Waals surface area contributed by atoms with E-state index < -0.39 is 23.5 Å². The Morgan fingerprint density at radius 2 is 1.78 bits per heavy atom. The van der Waals surface area contributed by atoms with Gasteiger partial charge in [-0.15, -0.1) is 0 Å². The highest BCUT2D eigenvalue weighted by molar-refractivity contribution is 6.04. The van der Waals surface area contributed by atoms with Crippen molar-refractivity contribution in [2.75, 3.05) is 36.5 Å². The number of fused-ring (bicyclic) bond motifs is 1. The van der Waals surface area contributed by atoms with Crippen LogP contribution in [0.15, 0.2) is 66.9 Å². The molecule has 11 heteroatoms. The maximum absolute atomic E-state index is 14.3. The summed E-state index contributed by atoms with van der Waals surface area (Å²) in [6.45, 7) is 2.62. The Morgan fingerprint density at radius 3 is 2.57 bits per heavy atom. The molecule has 190 valence electrons. The second-order valence-electron chi connectivity index (χ2n) is 8.29. The van der Waals surface area contributed by atoms with E-state index in [1.165, 1.54) is 12.1 Å². The van der Waals surface area contributed by atoms with Gasteiger partial charge in [-0.1, -0.05) is 6.07 Å². The van der Waals surface area contributed by atoms with Gasteiger partial charge in [0.1, 0.15) is 23.1 Å². The number of benzene rings is 3. The fraction of sp³-hybridized carbons (Fsp3) is 0.192. The lowest BCUT2D eigenvalue weighted by Gasteiger charge is -2.27. The van der Waals surface area contributed by atoms with Crippen molar-refractivity contribution in [1.82, 2.24) is 9.97 Å². The monoisotopic (exact) mass is 512 g/mol. The number of nitrogens with one attached hydrogen (secondary N) is 1. The highest BCUT2D eigenvalue weighted by atomic mass is 19.4. The molecule has 37 heavy (non-hydrogen) atoms. The fourth-order valence-corrected chi connectivity index (χ4v) is 3.86. The van der Waals surface area contributed by atoms with Gasteiger partial charge in [-0.2, -0.15) is 13.2 Å². The number of alkyl halides is 3. The topological polar surface area (TPSA) is 76.6 Å². The summed E-state index contributed by atoms with van der Waals surface area (Å²) >= 11 is 0. The summed E-state index contributed by atoms with van der Waals surface area (Å²) in [6, 6.07) is 12.5. The van der Waals surface area contributed by atoms with Gasteiger partial charge in [0, 0.05) is 42.5 Å². The van der Waals surface area contributed by atoms with Crippen molar-refractivity contribution in [3.05, 3.63) is 83.8 Å². The van der Waals surface area contributed by atoms with Crippen molar-refractivity contribution in [1.29, 1.82) is 0 Å². The van der Waals surface area contributed by atoms with Gasteiger partial charge in [0.05, 0.1) is 36.0 Å². The minimum absolute atomic E-state index is 0.0209. The molecule has 3 aromatic carbocycles. The smallest absolute Gasteiger partial charge is 0.416 e. The largest absolute Gasteiger partial charge is 0.457 e. The second-order valence-corrected chi connectivity index (χ2v) is 8.29. The van der Waals surface area contributed by atoms with Gasteiger partial charge >= 0.3 is 6.18 Å². The van der Waals surface area contributed by atoms with Gasteiger partial charge in [-0.05, 0) is 36.4 Å². The number of amides is 1. The fourth-order valence-electron chi connectivity index (χ4n) is 3.86. The van der Waals surface area contributed by atoms with Crippen LogP contribution in [0.2, 0.25) is 0 Å². The van der Waals surface area contributed by atoms with E-state index in [0.29, 0.717) is 48.9 Å². The molecule has 1 N–H and O–H groups in total. The van der Waals surface area contributed by atoms with E-state index in [1.54, 1.807) is 24.4 Å². The minimum atomic E-state index is -4.59. The number of halogens is 4. The van der Waals surface area contributed by atoms with Crippen LogP contribution in [-0.2, 0) is 10.9 Å². The summed E-state index contributed by atoms with van der Waals surface area (Å²) in [6.07, 6.45) is -2.90. The number of carbonyl (C=O) groups excluding carboxylic acids is 1. The zero-order valence-electron chi connectivity index (χ0n) is 19.3. The molecule has 0 spiro atoms. The predicted octanol–water partition coefficient (Wildman–Crippen LogP) is 5.67. The van der Waals surface area contributed by atoms with Crippen molar-refractivity contribution < 1.29 is 31.8 Å². The van der Waals surface area contributed by atoms with E-state index in [2.05, 4.69) is 20.2 Å². The number of carbonyl (C=O) groups is 1. The van der Waals surface area contributed by atoms with Crippen LogP contribution in [0.25, 0.3) is 11.0 Å². The number of anilines is 2. The van der Waals surface area contributed by atoms with Crippen LogP contribution in [0, 0.1) is 5.82 Å². The number of rotatable bonds is 5. The zero-order valence-corrected chi connectivity index (χ0v) is 19.3. The highest BCUT2D eigenvalue weighted by Gasteiger charge is 2.31. The Balaban J connectivity index is 1.35. The van der Waals surface area contributed by atoms with Gasteiger partial charge in [0.25, 0.3) is 5.91 Å². The molecule has 0 bridgehead atoms. The van der Waals surface area contributed by atoms with E-state index in [1.807, 2.05) is 0 Å². The molecule has 0 unspecified atom stereocenters. The first-order valence-corrected chi connectivity index (χ1v) is 11.3. The van der Waals surface area contributed by atoms with Gasteiger partial charge < -0.3 is 19.7 Å². The average Bonchev–Trinajstić information content (AvgIpc) is 2.88. The summed E-state index contributed by atoms with van der Waals surface area (Å²) < 4.78 is 64.4. The normalized spacial score (nSPS) is 14.0. The van der Waals surface area contributed by atoms with Crippen LogP contribution in [0.5, 0.6) is 11.5 Å². The molecule has 2 heterocycles. The third-order valence-electron chi connectivity index (χ3n) is 5.65. The minimum Gasteiger partial charge on any atom is -0.457 e. The Hall–Kier alpha value is -4.25. The molecule has 1 aromatic heterocycles. The molecule has 0 atom stereocenters. The van der Waals surface area contributed by atoms with Crippen LogP contribution in [0.4, 0.5) is 29.1 Å². The second kappa shape index (κ2) is 10.0. The lowest BCUT2D eigenvalue weighted by molar-refractivity contribution is -0.137. The third-order valence-corrected chi connectivity index (χ3v) is 5.65. The average molecular weight is 512 g/mol. The molecule has 1 amide bonds. The van der Waals surface area contributed by atoms with Gasteiger partial charge in [-0.25, -0.2) is 9.37 Å². The van der Waals surface area contributed by atoms with Crippen LogP contribution in [0.3, 0.4) is 0 Å². The molecule has 1 aliphatic rings. The lowest BCUT2D eigenvalue weighted by Crippen LogP contribution is -2.36. The van der Waals surface area contributed by atoms with Crippen LogP contribution in [0.1, 0.15) is 15.9 Å². The van der Waals surface area contributed by atoms with Crippen LogP contribution >= 0.6 is 0 Å². The molecular formula is C26H20F4N4O3. The Labute approximate surface area is 208 Å². The van der Waals surface area contributed by atoms with Gasteiger partial charge in [-0.3, -0.25) is 9.78 Å². The molecule has 0 aliphatic carbocycles. The van der Waals surface area contributed by atoms with Crippen molar-refractivity contribution in [3.8, 4) is 11.5 Å². The molecule has 4 aromatic rings. The zero-order chi connectivity index (χ0) is 26.0. The third kappa shape index (κ3) is 5.78. The predicted molar refractivity (Wildman–Crippen MR) is 128 cm³/mol. The molecule has 0 saturated carbocycles. The van der Waals surface area contributed by atoms with E-state index in [4.69, 9.17) is 9.47 Å². The van der Waals surface area contributed by atoms with E-state index in [-0.39, 0.29) is 17.0 Å². The molecular weight excluding hydrogens is 492 g/mol. The Kier molecular flexibility index (Phi) is 6.62. The van der Waals surface area contributed by atoms with Crippen LogP contribution < -0.4 is 15.0 Å². The number of ether oxygens (including phenoxy) is 2. The van der Waals surface area contributed by atoms with E-state index in [0.717, 1.165) is 30.3 Å². The quantitative estimate of drug-likeness (QED) is 0.348. The van der Waals surface area contributed by atoms with Gasteiger partial charge in [0.2, 0.25) is 0 Å². The first-order valence-electron chi connectivity index (χ1n) is 11.3. The van der Waals surface area contributed by atoms with E-state index in [9.17, 15) is 22.4 Å². The standard InChI is InChI=1S/C26H20F4N4O3/c27-18-11-19(32-25(35)16-2-1-3-17(10-16)26(28,29)30)13-21(12-18)37-20-4-5-22-23(14-20)33-24(15-31-22)34-6-8-36-9-7-34/h1-5,10-15H,6-9H2,(H,32,35). The molecule has 7 nitrogen and oxygen atoms in total. The van der Waals surface area contributed by atoms with Gasteiger partial charge in [0.15, 0.2) is 0 Å². The molecule has 0 radical (unpaired) electrons. The Morgan fingerprint density at radius 1 is 0.973 bits per heavy atom. The highest BCUT2D eigenvalue weighted by Crippen LogP contribution is 2.31. The molecule has 1 fully saturated rings. The maximum Gasteiger partial charge on any atom is 0.416 e. The van der Waals surface area contributed by atoms with Crippen molar-refractivity contribution >= 4 is 28.4 Å². The summed E-state index contributed by atoms with van der Waals surface area (Å²) in [7, 11) is 0. The molecule has 5 rings (SSSR count). The van der Waals surface area contributed by atoms with E-state index >= 15 is 0 Å². The summed E-state index contributed by atoms with van der Waals surface area (Å²) in [5.41, 5.74) is 0.0755. The summed E-state index contributed by atoms with van der Waals surface area (Å²) in [5.74, 6) is -0.373. The number of nitrogens with zero attached hydrogens (tertiary/aromatic N) is 3. The lowest BCUT2D eigenvalue weighted by atomic mass is 10.1. The summed E-state index contributed by atoms with van der Waals surface area (Å²) in [4.78, 5) is 23.7. The number of aromatic nitrogens is 2. The first kappa shape index (κ1) is 24.4. The van der Waals surface area contributed by atoms with Crippen molar-refractivity contribution in [2.24, 2.45) is 0 Å². The van der Waals surface area contributed by atoms with Crippen molar-refractivity contribution in [2.45, 2.75) is 6.18 Å². The SMILES string of the molecule is O=C(Nc1cc(F)cc(Oc2ccc3ncc(N4CCOCC4)nc3c2)c1)c1cccc(C(F)(F)F)c1. The number of morpholine rings is 1. The van der Waals surface area contributed by atoms with Crippen molar-refractivity contribution in [3.63, 3.8) is 0 Å². The van der Waals surface area contributed by atoms with Crippen LogP contribution in [-0.4, -0.2) is 42.2 Å².